The fraction of sp³-hybridized carbons (Fsp3) is 0.857. The van der Waals surface area contributed by atoms with Gasteiger partial charge in [0.2, 0.25) is 10.0 Å². The van der Waals surface area contributed by atoms with Crippen LogP contribution in [0.3, 0.4) is 0 Å². The molecule has 10 heteroatoms. The molecule has 0 saturated carbocycles. The van der Waals surface area contributed by atoms with E-state index in [4.69, 9.17) is 5.11 Å². The molecule has 0 aromatic heterocycles. The predicted octanol–water partition coefficient (Wildman–Crippen LogP) is -1.65. The van der Waals surface area contributed by atoms with Crippen LogP contribution in [-0.2, 0) is 29.4 Å². The van der Waals surface area contributed by atoms with Gasteiger partial charge in [0.1, 0.15) is 6.54 Å². The summed E-state index contributed by atoms with van der Waals surface area (Å²) in [6.45, 7) is -1.02. The van der Waals surface area contributed by atoms with E-state index in [1.165, 1.54) is 7.11 Å². The number of ether oxygens (including phenoxy) is 1. The highest BCUT2D eigenvalue weighted by Crippen LogP contribution is 2.04. The number of rotatable bonds is 8. The summed E-state index contributed by atoms with van der Waals surface area (Å²) >= 11 is 0. The Hall–Kier alpha value is -0.710. The number of carboxylic acids is 1. The van der Waals surface area contributed by atoms with Crippen molar-refractivity contribution >= 4 is 25.8 Å². The minimum Gasteiger partial charge on any atom is -0.480 e. The number of aliphatic carboxylic acids is 1. The molecule has 0 heterocycles. The van der Waals surface area contributed by atoms with Crippen molar-refractivity contribution in [2.45, 2.75) is 0 Å². The maximum atomic E-state index is 11.6. The van der Waals surface area contributed by atoms with Crippen molar-refractivity contribution in [3.63, 3.8) is 0 Å². The third kappa shape index (κ3) is 7.26. The number of hydrogen-bond acceptors (Lipinski definition) is 6. The Morgan fingerprint density at radius 3 is 2.18 bits per heavy atom. The molecule has 0 aromatic carbocycles. The van der Waals surface area contributed by atoms with Gasteiger partial charge >= 0.3 is 5.97 Å². The van der Waals surface area contributed by atoms with Gasteiger partial charge in [0, 0.05) is 19.9 Å². The molecule has 8 nitrogen and oxygen atoms in total. The van der Waals surface area contributed by atoms with E-state index < -0.39 is 37.5 Å². The first-order valence-electron chi connectivity index (χ1n) is 4.45. The Morgan fingerprint density at radius 2 is 1.82 bits per heavy atom. The maximum absolute atomic E-state index is 11.6. The Morgan fingerprint density at radius 1 is 1.29 bits per heavy atom. The number of carboxylic acid groups (broad SMARTS) is 1. The minimum absolute atomic E-state index is 0.0176. The average molecular weight is 289 g/mol. The molecule has 0 saturated heterocycles. The van der Waals surface area contributed by atoms with Crippen LogP contribution < -0.4 is 0 Å². The summed E-state index contributed by atoms with van der Waals surface area (Å²) in [5.41, 5.74) is 0. The third-order valence-electron chi connectivity index (χ3n) is 1.61. The summed E-state index contributed by atoms with van der Waals surface area (Å²) in [4.78, 5) is 10.5. The number of sulfone groups is 1. The van der Waals surface area contributed by atoms with Gasteiger partial charge in [0.15, 0.2) is 14.9 Å². The summed E-state index contributed by atoms with van der Waals surface area (Å²) in [7, 11) is -6.59. The molecule has 0 atom stereocenters. The predicted molar refractivity (Wildman–Crippen MR) is 59.7 cm³/mol. The van der Waals surface area contributed by atoms with Crippen molar-refractivity contribution < 1.29 is 31.5 Å². The van der Waals surface area contributed by atoms with E-state index >= 15 is 0 Å². The van der Waals surface area contributed by atoms with Gasteiger partial charge in [-0.25, -0.2) is 16.8 Å². The van der Waals surface area contributed by atoms with Crippen LogP contribution in [0.2, 0.25) is 0 Å². The molecule has 0 spiro atoms. The minimum atomic E-state index is -4.16. The second kappa shape index (κ2) is 6.28. The second-order valence-corrected chi connectivity index (χ2v) is 7.85. The fourth-order valence-corrected chi connectivity index (χ4v) is 4.43. The lowest BCUT2D eigenvalue weighted by atomic mass is 10.6. The molecule has 0 bridgehead atoms. The first-order valence-corrected chi connectivity index (χ1v) is 8.12. The SMILES string of the molecule is COCCN(CC(=O)O)S(=O)(=O)CS(C)(=O)=O. The summed E-state index contributed by atoms with van der Waals surface area (Å²) in [5, 5.41) is 7.43. The zero-order valence-electron chi connectivity index (χ0n) is 9.49. The van der Waals surface area contributed by atoms with Crippen molar-refractivity contribution in [3.05, 3.63) is 0 Å². The number of hydrogen-bond donors (Lipinski definition) is 1. The Balaban J connectivity index is 4.95. The lowest BCUT2D eigenvalue weighted by Crippen LogP contribution is -2.40. The fourth-order valence-electron chi connectivity index (χ4n) is 1.01. The van der Waals surface area contributed by atoms with Gasteiger partial charge in [-0.05, 0) is 0 Å². The van der Waals surface area contributed by atoms with Crippen molar-refractivity contribution in [2.75, 3.05) is 38.1 Å². The van der Waals surface area contributed by atoms with Gasteiger partial charge in [-0.2, -0.15) is 4.31 Å². The van der Waals surface area contributed by atoms with Crippen LogP contribution in [0.25, 0.3) is 0 Å². The van der Waals surface area contributed by atoms with Crippen LogP contribution >= 0.6 is 0 Å². The van der Waals surface area contributed by atoms with E-state index in [1.807, 2.05) is 0 Å². The monoisotopic (exact) mass is 289 g/mol. The molecule has 0 amide bonds. The molecular weight excluding hydrogens is 274 g/mol. The van der Waals surface area contributed by atoms with Crippen LogP contribution in [-0.4, -0.2) is 70.4 Å². The number of carbonyl (C=O) groups is 1. The highest BCUT2D eigenvalue weighted by Gasteiger charge is 2.27. The lowest BCUT2D eigenvalue weighted by Gasteiger charge is -2.19. The summed E-state index contributed by atoms with van der Waals surface area (Å²) in [6, 6.07) is 0. The Kier molecular flexibility index (Phi) is 6.02. The summed E-state index contributed by atoms with van der Waals surface area (Å²) in [5.74, 6) is -1.36. The van der Waals surface area contributed by atoms with Crippen molar-refractivity contribution in [2.24, 2.45) is 0 Å². The first kappa shape index (κ1) is 16.3. The number of methoxy groups -OCH3 is 1. The van der Waals surface area contributed by atoms with Crippen LogP contribution in [0.5, 0.6) is 0 Å². The van der Waals surface area contributed by atoms with Gasteiger partial charge in [0.05, 0.1) is 6.61 Å². The second-order valence-electron chi connectivity index (χ2n) is 3.38. The van der Waals surface area contributed by atoms with Gasteiger partial charge < -0.3 is 9.84 Å². The number of sulfonamides is 1. The summed E-state index contributed by atoms with van der Waals surface area (Å²) < 4.78 is 50.3. The first-order chi connectivity index (χ1) is 7.58. The standard InChI is InChI=1S/C7H15NO7S2/c1-15-4-3-8(5-7(9)10)17(13,14)6-16(2,11)12/h3-6H2,1-2H3,(H,9,10). The Bertz CT molecular complexity index is 453. The van der Waals surface area contributed by atoms with Crippen molar-refractivity contribution in [1.29, 1.82) is 0 Å². The summed E-state index contributed by atoms with van der Waals surface area (Å²) in [6.07, 6.45) is 0.764. The zero-order valence-corrected chi connectivity index (χ0v) is 11.1. The van der Waals surface area contributed by atoms with E-state index in [2.05, 4.69) is 4.74 Å². The van der Waals surface area contributed by atoms with Crippen LogP contribution in [0.4, 0.5) is 0 Å². The maximum Gasteiger partial charge on any atom is 0.318 e. The average Bonchev–Trinajstić information content (AvgIpc) is 2.07. The van der Waals surface area contributed by atoms with E-state index in [0.717, 1.165) is 6.26 Å². The van der Waals surface area contributed by atoms with Crippen molar-refractivity contribution in [1.82, 2.24) is 4.31 Å². The zero-order chi connectivity index (χ0) is 13.7. The van der Waals surface area contributed by atoms with Gasteiger partial charge in [-0.3, -0.25) is 4.79 Å². The smallest absolute Gasteiger partial charge is 0.318 e. The highest BCUT2D eigenvalue weighted by atomic mass is 32.3. The molecule has 0 radical (unpaired) electrons. The molecule has 0 rings (SSSR count). The van der Waals surface area contributed by atoms with Crippen LogP contribution in [0.1, 0.15) is 0 Å². The molecule has 0 aliphatic carbocycles. The van der Waals surface area contributed by atoms with Crippen LogP contribution in [0, 0.1) is 0 Å². The molecule has 1 N–H and O–H groups in total. The largest absolute Gasteiger partial charge is 0.480 e. The highest BCUT2D eigenvalue weighted by molar-refractivity contribution is 8.06. The van der Waals surface area contributed by atoms with E-state index in [9.17, 15) is 21.6 Å². The topological polar surface area (TPSA) is 118 Å². The Labute approximate surface area is 100 Å². The number of nitrogens with zero attached hydrogens (tertiary/aromatic N) is 1. The molecule has 102 valence electrons. The molecule has 0 aliphatic rings. The van der Waals surface area contributed by atoms with Gasteiger partial charge in [-0.15, -0.1) is 0 Å². The molecule has 0 unspecified atom stereocenters. The molecule has 0 fully saturated rings. The molecule has 0 aromatic rings. The normalized spacial score (nSPS) is 12.9. The molecule has 0 aliphatic heterocycles. The van der Waals surface area contributed by atoms with Crippen LogP contribution in [0.15, 0.2) is 0 Å². The molecular formula is C7H15NO7S2. The third-order valence-corrected chi connectivity index (χ3v) is 5.62. The van der Waals surface area contributed by atoms with E-state index in [1.54, 1.807) is 0 Å². The molecule has 17 heavy (non-hydrogen) atoms. The van der Waals surface area contributed by atoms with E-state index in [0.29, 0.717) is 4.31 Å². The quantitative estimate of drug-likeness (QED) is 0.568. The van der Waals surface area contributed by atoms with Crippen molar-refractivity contribution in [3.8, 4) is 0 Å². The lowest BCUT2D eigenvalue weighted by molar-refractivity contribution is -0.137. The van der Waals surface area contributed by atoms with E-state index in [-0.39, 0.29) is 13.2 Å². The van der Waals surface area contributed by atoms with Gasteiger partial charge in [0.25, 0.3) is 0 Å². The van der Waals surface area contributed by atoms with Gasteiger partial charge in [-0.1, -0.05) is 0 Å².